The van der Waals surface area contributed by atoms with Crippen LogP contribution in [0.1, 0.15) is 45.5 Å². The predicted octanol–water partition coefficient (Wildman–Crippen LogP) is 7.08. The normalized spacial score (nSPS) is 12.6. The first-order valence-corrected chi connectivity index (χ1v) is 26.2. The summed E-state index contributed by atoms with van der Waals surface area (Å²) in [6.07, 6.45) is 0. The van der Waals surface area contributed by atoms with Gasteiger partial charge in [0.1, 0.15) is 23.6 Å². The SMILES string of the molecule is COc1ccc([C@@H](CSSC[C@@H](N[C@@H](COCc2ccccc2)C(=O)NCC(=O)NCc2ccccc2)c2ccc(OC)cc2)N[C@@H](COCc2ccccc2)C(=O)NCC(=O)NCc2ccccc2)cc1. The lowest BCUT2D eigenvalue weighted by molar-refractivity contribution is -0.128. The quantitative estimate of drug-likeness (QED) is 0.0193. The van der Waals surface area contributed by atoms with E-state index in [9.17, 15) is 19.2 Å². The molecule has 0 saturated heterocycles. The molecule has 0 bridgehead atoms. The molecule has 0 unspecified atom stereocenters. The van der Waals surface area contributed by atoms with Crippen molar-refractivity contribution in [2.45, 2.75) is 50.5 Å². The molecule has 0 aliphatic rings. The van der Waals surface area contributed by atoms with E-state index in [1.807, 2.05) is 170 Å². The number of rotatable bonds is 31. The van der Waals surface area contributed by atoms with E-state index in [0.717, 1.165) is 33.4 Å². The van der Waals surface area contributed by atoms with Crippen molar-refractivity contribution in [3.05, 3.63) is 203 Å². The molecular weight excluding hydrogens is 949 g/mol. The summed E-state index contributed by atoms with van der Waals surface area (Å²) in [6, 6.07) is 51.5. The predicted molar refractivity (Wildman–Crippen MR) is 285 cm³/mol. The van der Waals surface area contributed by atoms with Crippen LogP contribution in [0.15, 0.2) is 170 Å². The van der Waals surface area contributed by atoms with Gasteiger partial charge in [-0.1, -0.05) is 167 Å². The third kappa shape index (κ3) is 19.5. The van der Waals surface area contributed by atoms with Crippen molar-refractivity contribution in [1.82, 2.24) is 31.9 Å². The molecule has 14 nitrogen and oxygen atoms in total. The zero-order chi connectivity index (χ0) is 50.6. The van der Waals surface area contributed by atoms with Gasteiger partial charge in [0, 0.05) is 36.7 Å². The second-order valence-corrected chi connectivity index (χ2v) is 19.2. The fourth-order valence-corrected chi connectivity index (χ4v) is 9.74. The molecule has 0 aliphatic carbocycles. The minimum atomic E-state index is -0.836. The Labute approximate surface area is 430 Å². The highest BCUT2D eigenvalue weighted by Crippen LogP contribution is 2.33. The number of hydrogen-bond acceptors (Lipinski definition) is 12. The second kappa shape index (κ2) is 30.9. The van der Waals surface area contributed by atoms with Crippen LogP contribution in [0.3, 0.4) is 0 Å². The van der Waals surface area contributed by atoms with Crippen molar-refractivity contribution in [3.63, 3.8) is 0 Å². The van der Waals surface area contributed by atoms with Gasteiger partial charge in [-0.05, 0) is 57.6 Å². The Balaban J connectivity index is 1.15. The van der Waals surface area contributed by atoms with Crippen LogP contribution in [0.4, 0.5) is 0 Å². The summed E-state index contributed by atoms with van der Waals surface area (Å²) in [6.45, 7) is 0.902. The van der Waals surface area contributed by atoms with E-state index < -0.39 is 12.1 Å². The molecule has 16 heteroatoms. The summed E-state index contributed by atoms with van der Waals surface area (Å²) in [5.41, 5.74) is 5.64. The Hall–Kier alpha value is -6.66. The number of carbonyl (C=O) groups is 4. The van der Waals surface area contributed by atoms with E-state index in [0.29, 0.717) is 49.3 Å². The van der Waals surface area contributed by atoms with Crippen molar-refractivity contribution in [2.75, 3.05) is 52.0 Å². The molecule has 0 fully saturated rings. The Morgan fingerprint density at radius 3 is 1.10 bits per heavy atom. The highest BCUT2D eigenvalue weighted by atomic mass is 33.1. The van der Waals surface area contributed by atoms with Gasteiger partial charge in [0.15, 0.2) is 0 Å². The van der Waals surface area contributed by atoms with E-state index in [1.165, 1.54) is 0 Å². The molecule has 378 valence electrons. The number of ether oxygens (including phenoxy) is 4. The van der Waals surface area contributed by atoms with Crippen LogP contribution >= 0.6 is 21.6 Å². The van der Waals surface area contributed by atoms with Gasteiger partial charge in [-0.25, -0.2) is 0 Å². The molecule has 4 amide bonds. The first-order valence-electron chi connectivity index (χ1n) is 23.7. The van der Waals surface area contributed by atoms with Gasteiger partial charge in [-0.3, -0.25) is 29.8 Å². The molecule has 0 radical (unpaired) electrons. The van der Waals surface area contributed by atoms with Crippen LogP contribution in [-0.4, -0.2) is 87.7 Å². The van der Waals surface area contributed by atoms with Crippen LogP contribution in [-0.2, 0) is 55.0 Å². The third-order valence-electron chi connectivity index (χ3n) is 11.3. The Bertz CT molecular complexity index is 2340. The van der Waals surface area contributed by atoms with Gasteiger partial charge in [-0.2, -0.15) is 0 Å². The van der Waals surface area contributed by atoms with E-state index in [2.05, 4.69) is 31.9 Å². The average molecular weight is 1010 g/mol. The zero-order valence-corrected chi connectivity index (χ0v) is 42.3. The summed E-state index contributed by atoms with van der Waals surface area (Å²) >= 11 is 0. The van der Waals surface area contributed by atoms with E-state index >= 15 is 0 Å². The monoisotopic (exact) mass is 1010 g/mol. The standard InChI is InChI=1S/C56H64N6O8S2/c1-67-47-27-23-45(24-28-47)51(61-49(37-69-35-43-19-11-5-12-20-43)55(65)59-33-53(63)57-31-41-15-7-3-8-16-41)39-71-72-40-52(46-25-29-48(68-2)30-26-46)62-50(38-70-36-44-21-13-6-14-22-44)56(66)60-34-54(64)58-32-42-17-9-4-10-18-42/h3-30,49-52,61-62H,31-40H2,1-2H3,(H,57,63)(H,58,64)(H,59,65)(H,60,66)/t49-,50-,51+,52+/m0/s1. The number of methoxy groups -OCH3 is 2. The van der Waals surface area contributed by atoms with Crippen LogP contribution in [0.25, 0.3) is 0 Å². The summed E-state index contributed by atoms with van der Waals surface area (Å²) in [5.74, 6) is 0.991. The smallest absolute Gasteiger partial charge is 0.239 e. The van der Waals surface area contributed by atoms with Gasteiger partial charge in [0.25, 0.3) is 0 Å². The maximum atomic E-state index is 14.0. The number of nitrogens with one attached hydrogen (secondary N) is 6. The topological polar surface area (TPSA) is 177 Å². The maximum absolute atomic E-state index is 14.0. The van der Waals surface area contributed by atoms with Crippen molar-refractivity contribution < 1.29 is 38.1 Å². The minimum Gasteiger partial charge on any atom is -0.497 e. The zero-order valence-electron chi connectivity index (χ0n) is 40.6. The molecular formula is C56H64N6O8S2. The molecule has 0 heterocycles. The van der Waals surface area contributed by atoms with Gasteiger partial charge in [0.2, 0.25) is 23.6 Å². The van der Waals surface area contributed by atoms with Crippen LogP contribution in [0, 0.1) is 0 Å². The fourth-order valence-electron chi connectivity index (χ4n) is 7.31. The van der Waals surface area contributed by atoms with Crippen LogP contribution in [0.5, 0.6) is 11.5 Å². The number of carbonyl (C=O) groups excluding carboxylic acids is 4. The summed E-state index contributed by atoms with van der Waals surface area (Å²) < 4.78 is 23.2. The third-order valence-corrected chi connectivity index (χ3v) is 13.8. The average Bonchev–Trinajstić information content (AvgIpc) is 3.43. The summed E-state index contributed by atoms with van der Waals surface area (Å²) in [7, 11) is 6.42. The Morgan fingerprint density at radius 1 is 0.431 bits per heavy atom. The molecule has 0 saturated carbocycles. The van der Waals surface area contributed by atoms with E-state index in [4.69, 9.17) is 18.9 Å². The summed E-state index contributed by atoms with van der Waals surface area (Å²) in [4.78, 5) is 53.8. The minimum absolute atomic E-state index is 0.0325. The maximum Gasteiger partial charge on any atom is 0.239 e. The van der Waals surface area contributed by atoms with Gasteiger partial charge in [-0.15, -0.1) is 0 Å². The molecule has 6 aromatic rings. The molecule has 4 atom stereocenters. The van der Waals surface area contributed by atoms with Crippen molar-refractivity contribution >= 4 is 45.2 Å². The summed E-state index contributed by atoms with van der Waals surface area (Å²) in [5, 5.41) is 18.5. The first-order chi connectivity index (χ1) is 35.3. The highest BCUT2D eigenvalue weighted by molar-refractivity contribution is 8.76. The fraction of sp³-hybridized carbons (Fsp3) is 0.286. The first kappa shape index (κ1) is 54.7. The van der Waals surface area contributed by atoms with Gasteiger partial charge in [0.05, 0.1) is 53.7 Å². The molecule has 6 aromatic carbocycles. The van der Waals surface area contributed by atoms with Crippen LogP contribution in [0.2, 0.25) is 0 Å². The van der Waals surface area contributed by atoms with E-state index in [1.54, 1.807) is 35.8 Å². The second-order valence-electron chi connectivity index (χ2n) is 16.6. The van der Waals surface area contributed by atoms with Crippen molar-refractivity contribution in [3.8, 4) is 11.5 Å². The molecule has 0 aromatic heterocycles. The molecule has 0 aliphatic heterocycles. The Morgan fingerprint density at radius 2 is 0.764 bits per heavy atom. The number of benzene rings is 6. The number of hydrogen-bond donors (Lipinski definition) is 6. The molecule has 0 spiro atoms. The Kier molecular flexibility index (Phi) is 23.5. The molecule has 6 rings (SSSR count). The van der Waals surface area contributed by atoms with Gasteiger partial charge >= 0.3 is 0 Å². The lowest BCUT2D eigenvalue weighted by Gasteiger charge is -2.27. The van der Waals surface area contributed by atoms with Crippen LogP contribution < -0.4 is 41.4 Å². The lowest BCUT2D eigenvalue weighted by Crippen LogP contribution is -2.50. The highest BCUT2D eigenvalue weighted by Gasteiger charge is 2.27. The molecule has 6 N–H and O–H groups in total. The largest absolute Gasteiger partial charge is 0.497 e. The lowest BCUT2D eigenvalue weighted by atomic mass is 10.1. The van der Waals surface area contributed by atoms with Gasteiger partial charge < -0.3 is 40.2 Å². The van der Waals surface area contributed by atoms with Crippen molar-refractivity contribution in [2.24, 2.45) is 0 Å². The van der Waals surface area contributed by atoms with E-state index in [-0.39, 0.29) is 62.0 Å². The molecule has 72 heavy (non-hydrogen) atoms. The number of amides is 4. The van der Waals surface area contributed by atoms with Crippen molar-refractivity contribution in [1.29, 1.82) is 0 Å².